The molecule has 0 heterocycles. The average molecular weight is 214 g/mol. The van der Waals surface area contributed by atoms with Crippen LogP contribution in [0.25, 0.3) is 10.8 Å². The van der Waals surface area contributed by atoms with Gasteiger partial charge in [-0.1, -0.05) is 30.3 Å². The van der Waals surface area contributed by atoms with E-state index in [2.05, 4.69) is 54.4 Å². The smallest absolute Gasteiger partial charge is 0.0370 e. The SMILES string of the molecule is CC(N)CN(C)c1ccc2ccccc2c1. The number of fused-ring (bicyclic) bond motifs is 1. The van der Waals surface area contributed by atoms with Crippen LogP contribution in [0, 0.1) is 0 Å². The zero-order chi connectivity index (χ0) is 11.5. The van der Waals surface area contributed by atoms with Crippen LogP contribution in [0.3, 0.4) is 0 Å². The van der Waals surface area contributed by atoms with Crippen molar-refractivity contribution in [1.82, 2.24) is 0 Å². The number of hydrogen-bond donors (Lipinski definition) is 1. The zero-order valence-corrected chi connectivity index (χ0v) is 9.85. The highest BCUT2D eigenvalue weighted by Gasteiger charge is 2.03. The maximum absolute atomic E-state index is 5.80. The summed E-state index contributed by atoms with van der Waals surface area (Å²) in [5.74, 6) is 0. The quantitative estimate of drug-likeness (QED) is 0.851. The molecule has 2 aromatic carbocycles. The lowest BCUT2D eigenvalue weighted by molar-refractivity contribution is 0.718. The Bertz CT molecular complexity index is 477. The van der Waals surface area contributed by atoms with Crippen molar-refractivity contribution in [2.75, 3.05) is 18.5 Å². The molecule has 0 saturated heterocycles. The van der Waals surface area contributed by atoms with Crippen LogP contribution in [0.2, 0.25) is 0 Å². The molecule has 0 aliphatic carbocycles. The number of hydrogen-bond acceptors (Lipinski definition) is 2. The summed E-state index contributed by atoms with van der Waals surface area (Å²) in [6, 6.07) is 15.1. The molecular weight excluding hydrogens is 196 g/mol. The van der Waals surface area contributed by atoms with Crippen LogP contribution in [-0.4, -0.2) is 19.6 Å². The van der Waals surface area contributed by atoms with Crippen molar-refractivity contribution in [2.45, 2.75) is 13.0 Å². The van der Waals surface area contributed by atoms with Crippen molar-refractivity contribution in [3.8, 4) is 0 Å². The van der Waals surface area contributed by atoms with Crippen molar-refractivity contribution < 1.29 is 0 Å². The van der Waals surface area contributed by atoms with Crippen LogP contribution in [0.15, 0.2) is 42.5 Å². The minimum atomic E-state index is 0.191. The summed E-state index contributed by atoms with van der Waals surface area (Å²) in [5, 5.41) is 2.55. The van der Waals surface area contributed by atoms with Gasteiger partial charge in [-0.25, -0.2) is 0 Å². The van der Waals surface area contributed by atoms with Crippen LogP contribution in [0.4, 0.5) is 5.69 Å². The first-order chi connectivity index (χ1) is 7.66. The molecule has 0 aliphatic heterocycles. The Morgan fingerprint density at radius 1 is 1.12 bits per heavy atom. The maximum Gasteiger partial charge on any atom is 0.0370 e. The van der Waals surface area contributed by atoms with Crippen LogP contribution >= 0.6 is 0 Å². The molecule has 2 heteroatoms. The molecule has 2 nitrogen and oxygen atoms in total. The lowest BCUT2D eigenvalue weighted by Crippen LogP contribution is -2.32. The molecule has 2 aromatic rings. The highest BCUT2D eigenvalue weighted by atomic mass is 15.1. The lowest BCUT2D eigenvalue weighted by atomic mass is 10.1. The van der Waals surface area contributed by atoms with Gasteiger partial charge >= 0.3 is 0 Å². The second-order valence-corrected chi connectivity index (χ2v) is 4.39. The van der Waals surface area contributed by atoms with E-state index in [4.69, 9.17) is 5.73 Å². The Balaban J connectivity index is 2.32. The zero-order valence-electron chi connectivity index (χ0n) is 9.85. The number of rotatable bonds is 3. The van der Waals surface area contributed by atoms with Gasteiger partial charge in [0.05, 0.1) is 0 Å². The third-order valence-electron chi connectivity index (χ3n) is 2.74. The second-order valence-electron chi connectivity index (χ2n) is 4.39. The summed E-state index contributed by atoms with van der Waals surface area (Å²) >= 11 is 0. The first-order valence-electron chi connectivity index (χ1n) is 5.62. The van der Waals surface area contributed by atoms with Crippen molar-refractivity contribution >= 4 is 16.5 Å². The first kappa shape index (κ1) is 11.0. The van der Waals surface area contributed by atoms with E-state index < -0.39 is 0 Å². The summed E-state index contributed by atoms with van der Waals surface area (Å²) in [5.41, 5.74) is 7.02. The minimum Gasteiger partial charge on any atom is -0.373 e. The summed E-state index contributed by atoms with van der Waals surface area (Å²) in [7, 11) is 2.08. The standard InChI is InChI=1S/C14H18N2/c1-11(15)10-16(2)14-8-7-12-5-3-4-6-13(12)9-14/h3-9,11H,10,15H2,1-2H3. The Morgan fingerprint density at radius 3 is 2.50 bits per heavy atom. The number of nitrogens with two attached hydrogens (primary N) is 1. The molecule has 0 aromatic heterocycles. The third-order valence-corrected chi connectivity index (χ3v) is 2.74. The van der Waals surface area contributed by atoms with Gasteiger partial charge in [0.1, 0.15) is 0 Å². The van der Waals surface area contributed by atoms with Crippen molar-refractivity contribution in [3.05, 3.63) is 42.5 Å². The Labute approximate surface area is 96.7 Å². The first-order valence-corrected chi connectivity index (χ1v) is 5.62. The molecule has 0 saturated carbocycles. The summed E-state index contributed by atoms with van der Waals surface area (Å²) in [6.07, 6.45) is 0. The molecule has 0 fully saturated rings. The van der Waals surface area contributed by atoms with E-state index in [1.165, 1.54) is 16.5 Å². The topological polar surface area (TPSA) is 29.3 Å². The molecule has 1 unspecified atom stereocenters. The van der Waals surface area contributed by atoms with Gasteiger partial charge in [0, 0.05) is 25.3 Å². The monoisotopic (exact) mass is 214 g/mol. The van der Waals surface area contributed by atoms with Crippen molar-refractivity contribution in [1.29, 1.82) is 0 Å². The maximum atomic E-state index is 5.80. The van der Waals surface area contributed by atoms with E-state index in [0.717, 1.165) is 6.54 Å². The van der Waals surface area contributed by atoms with E-state index in [-0.39, 0.29) is 6.04 Å². The number of benzene rings is 2. The molecule has 0 bridgehead atoms. The molecule has 0 aliphatic rings. The van der Waals surface area contributed by atoms with E-state index in [9.17, 15) is 0 Å². The second kappa shape index (κ2) is 4.54. The Kier molecular flexibility index (Phi) is 3.11. The van der Waals surface area contributed by atoms with Crippen LogP contribution in [0.5, 0.6) is 0 Å². The molecular formula is C14H18N2. The third kappa shape index (κ3) is 2.34. The predicted molar refractivity (Wildman–Crippen MR) is 70.9 cm³/mol. The summed E-state index contributed by atoms with van der Waals surface area (Å²) in [6.45, 7) is 2.90. The molecule has 16 heavy (non-hydrogen) atoms. The fourth-order valence-corrected chi connectivity index (χ4v) is 1.95. The molecule has 0 radical (unpaired) electrons. The van der Waals surface area contributed by atoms with Crippen LogP contribution in [0.1, 0.15) is 6.92 Å². The van der Waals surface area contributed by atoms with Crippen molar-refractivity contribution in [3.63, 3.8) is 0 Å². The summed E-state index contributed by atoms with van der Waals surface area (Å²) < 4.78 is 0. The molecule has 0 amide bonds. The molecule has 84 valence electrons. The molecule has 0 spiro atoms. The minimum absolute atomic E-state index is 0.191. The van der Waals surface area contributed by atoms with E-state index in [0.29, 0.717) is 0 Å². The highest BCUT2D eigenvalue weighted by Crippen LogP contribution is 2.21. The number of nitrogens with zero attached hydrogens (tertiary/aromatic N) is 1. The van der Waals surface area contributed by atoms with Gasteiger partial charge in [0.25, 0.3) is 0 Å². The van der Waals surface area contributed by atoms with E-state index >= 15 is 0 Å². The van der Waals surface area contributed by atoms with Crippen LogP contribution in [-0.2, 0) is 0 Å². The Morgan fingerprint density at radius 2 is 1.81 bits per heavy atom. The average Bonchev–Trinajstić information content (AvgIpc) is 2.27. The van der Waals surface area contributed by atoms with E-state index in [1.807, 2.05) is 6.92 Å². The molecule has 2 N–H and O–H groups in total. The van der Waals surface area contributed by atoms with Gasteiger partial charge in [0.2, 0.25) is 0 Å². The largest absolute Gasteiger partial charge is 0.373 e. The molecule has 1 atom stereocenters. The van der Waals surface area contributed by atoms with Gasteiger partial charge in [-0.2, -0.15) is 0 Å². The fourth-order valence-electron chi connectivity index (χ4n) is 1.95. The van der Waals surface area contributed by atoms with Gasteiger partial charge < -0.3 is 10.6 Å². The normalized spacial score (nSPS) is 12.7. The highest BCUT2D eigenvalue weighted by molar-refractivity contribution is 5.85. The van der Waals surface area contributed by atoms with Gasteiger partial charge in [-0.3, -0.25) is 0 Å². The van der Waals surface area contributed by atoms with Crippen molar-refractivity contribution in [2.24, 2.45) is 5.73 Å². The van der Waals surface area contributed by atoms with Gasteiger partial charge in [0.15, 0.2) is 0 Å². The van der Waals surface area contributed by atoms with E-state index in [1.54, 1.807) is 0 Å². The van der Waals surface area contributed by atoms with Crippen LogP contribution < -0.4 is 10.6 Å². The van der Waals surface area contributed by atoms with Gasteiger partial charge in [-0.15, -0.1) is 0 Å². The predicted octanol–water partition coefficient (Wildman–Crippen LogP) is 2.62. The Hall–Kier alpha value is -1.54. The fraction of sp³-hybridized carbons (Fsp3) is 0.286. The number of likely N-dealkylation sites (N-methyl/N-ethyl adjacent to an activating group) is 1. The lowest BCUT2D eigenvalue weighted by Gasteiger charge is -2.21. The van der Waals surface area contributed by atoms with Gasteiger partial charge in [-0.05, 0) is 29.8 Å². The number of anilines is 1. The summed E-state index contributed by atoms with van der Waals surface area (Å²) in [4.78, 5) is 2.19. The molecule has 2 rings (SSSR count).